The molecule has 0 spiro atoms. The largest absolute Gasteiger partial charge is 0.480 e. The molecule has 0 saturated carbocycles. The minimum Gasteiger partial charge on any atom is -0.480 e. The Balaban J connectivity index is 3.08. The number of aromatic nitrogens is 1. The molecule has 0 aromatic carbocycles. The lowest BCUT2D eigenvalue weighted by Gasteiger charge is -2.25. The van der Waals surface area contributed by atoms with Gasteiger partial charge in [0.1, 0.15) is 0 Å². The molecule has 1 heterocycles. The molecule has 5 nitrogen and oxygen atoms in total. The Morgan fingerprint density at radius 2 is 2.16 bits per heavy atom. The zero-order chi connectivity index (χ0) is 14.5. The van der Waals surface area contributed by atoms with Gasteiger partial charge in [-0.05, 0) is 20.3 Å². The Bertz CT molecular complexity index is 457. The van der Waals surface area contributed by atoms with Gasteiger partial charge in [0.25, 0.3) is 0 Å². The van der Waals surface area contributed by atoms with Gasteiger partial charge in [-0.2, -0.15) is 0 Å². The van der Waals surface area contributed by atoms with Crippen LogP contribution in [-0.2, 0) is 20.7 Å². The maximum atomic E-state index is 12.1. The summed E-state index contributed by atoms with van der Waals surface area (Å²) < 4.78 is 4.96. The van der Waals surface area contributed by atoms with Gasteiger partial charge in [0.2, 0.25) is 0 Å². The van der Waals surface area contributed by atoms with Crippen molar-refractivity contribution in [3.05, 3.63) is 16.1 Å². The second-order valence-electron chi connectivity index (χ2n) is 4.39. The lowest BCUT2D eigenvalue weighted by molar-refractivity contribution is -0.169. The summed E-state index contributed by atoms with van der Waals surface area (Å²) >= 11 is 1.44. The number of ether oxygens (including phenoxy) is 1. The van der Waals surface area contributed by atoms with Crippen molar-refractivity contribution < 1.29 is 19.4 Å². The predicted octanol–water partition coefficient (Wildman–Crippen LogP) is 2.43. The number of carboxylic acid groups (broad SMARTS) is 1. The number of hydrogen-bond donors (Lipinski definition) is 1. The molecule has 0 aliphatic rings. The lowest BCUT2D eigenvalue weighted by Crippen LogP contribution is -2.42. The van der Waals surface area contributed by atoms with E-state index in [0.717, 1.165) is 5.01 Å². The quantitative estimate of drug-likeness (QED) is 0.615. The van der Waals surface area contributed by atoms with Crippen molar-refractivity contribution in [2.45, 2.75) is 40.0 Å². The van der Waals surface area contributed by atoms with E-state index >= 15 is 0 Å². The molecule has 1 rings (SSSR count). The zero-order valence-corrected chi connectivity index (χ0v) is 12.2. The van der Waals surface area contributed by atoms with Crippen molar-refractivity contribution in [3.8, 4) is 0 Å². The average molecular weight is 285 g/mol. The molecule has 0 radical (unpaired) electrons. The Hall–Kier alpha value is -1.43. The van der Waals surface area contributed by atoms with Gasteiger partial charge >= 0.3 is 11.9 Å². The van der Waals surface area contributed by atoms with Crippen LogP contribution < -0.4 is 0 Å². The number of aryl methyl sites for hydroxylation is 1. The molecule has 1 aromatic rings. The number of thiazole rings is 1. The normalized spacial score (nSPS) is 13.8. The van der Waals surface area contributed by atoms with Crippen molar-refractivity contribution in [2.75, 3.05) is 6.61 Å². The number of nitrogens with zero attached hydrogens (tertiary/aromatic N) is 1. The maximum Gasteiger partial charge on any atom is 0.323 e. The minimum atomic E-state index is -1.52. The molecule has 0 amide bonds. The van der Waals surface area contributed by atoms with Gasteiger partial charge in [-0.25, -0.2) is 4.98 Å². The molecule has 1 atom stereocenters. The fourth-order valence-corrected chi connectivity index (χ4v) is 2.64. The van der Waals surface area contributed by atoms with E-state index in [2.05, 4.69) is 4.98 Å². The van der Waals surface area contributed by atoms with E-state index in [1.54, 1.807) is 12.3 Å². The lowest BCUT2D eigenvalue weighted by atomic mass is 9.79. The van der Waals surface area contributed by atoms with Crippen LogP contribution in [0.3, 0.4) is 0 Å². The Kier molecular flexibility index (Phi) is 5.47. The topological polar surface area (TPSA) is 76.5 Å². The molecule has 1 unspecified atom stereocenters. The highest BCUT2D eigenvalue weighted by molar-refractivity contribution is 7.09. The number of aliphatic carboxylic acids is 1. The van der Waals surface area contributed by atoms with E-state index in [4.69, 9.17) is 4.74 Å². The van der Waals surface area contributed by atoms with Crippen molar-refractivity contribution >= 4 is 23.3 Å². The van der Waals surface area contributed by atoms with Crippen LogP contribution in [0.5, 0.6) is 0 Å². The third kappa shape index (κ3) is 3.53. The van der Waals surface area contributed by atoms with Crippen LogP contribution in [0.2, 0.25) is 0 Å². The SMILES string of the molecule is CCCC(Cc1csc(C)n1)(C(=O)O)C(=O)OCC. The third-order valence-corrected chi connectivity index (χ3v) is 3.72. The molecule has 6 heteroatoms. The van der Waals surface area contributed by atoms with Gasteiger partial charge in [-0.1, -0.05) is 13.3 Å². The maximum absolute atomic E-state index is 12.1. The molecule has 0 aliphatic heterocycles. The Morgan fingerprint density at radius 1 is 1.47 bits per heavy atom. The molecule has 1 N–H and O–H groups in total. The highest BCUT2D eigenvalue weighted by atomic mass is 32.1. The standard InChI is InChI=1S/C13H19NO4S/c1-4-6-13(11(15)16,12(17)18-5-2)7-10-8-19-9(3)14-10/h8H,4-7H2,1-3H3,(H,15,16). The summed E-state index contributed by atoms with van der Waals surface area (Å²) in [6, 6.07) is 0. The first-order valence-corrected chi connectivity index (χ1v) is 7.15. The van der Waals surface area contributed by atoms with Crippen LogP contribution in [0, 0.1) is 12.3 Å². The molecule has 0 bridgehead atoms. The summed E-state index contributed by atoms with van der Waals surface area (Å²) in [5.74, 6) is -1.81. The van der Waals surface area contributed by atoms with E-state index in [0.29, 0.717) is 12.1 Å². The summed E-state index contributed by atoms with van der Waals surface area (Å²) in [6.07, 6.45) is 0.922. The first kappa shape index (κ1) is 15.6. The zero-order valence-electron chi connectivity index (χ0n) is 11.4. The van der Waals surface area contributed by atoms with Gasteiger partial charge in [-0.15, -0.1) is 11.3 Å². The van der Waals surface area contributed by atoms with Gasteiger partial charge in [0, 0.05) is 11.8 Å². The van der Waals surface area contributed by atoms with Crippen molar-refractivity contribution in [1.82, 2.24) is 4.98 Å². The number of esters is 1. The first-order chi connectivity index (χ1) is 8.96. The number of carboxylic acids is 1. The molecule has 0 fully saturated rings. The smallest absolute Gasteiger partial charge is 0.323 e. The molecular formula is C13H19NO4S. The molecular weight excluding hydrogens is 266 g/mol. The van der Waals surface area contributed by atoms with Crippen LogP contribution >= 0.6 is 11.3 Å². The van der Waals surface area contributed by atoms with Crippen LogP contribution in [0.15, 0.2) is 5.38 Å². The predicted molar refractivity (Wildman–Crippen MR) is 72.2 cm³/mol. The summed E-state index contributed by atoms with van der Waals surface area (Å²) in [4.78, 5) is 27.9. The van der Waals surface area contributed by atoms with Gasteiger partial charge in [-0.3, -0.25) is 9.59 Å². The molecule has 106 valence electrons. The van der Waals surface area contributed by atoms with E-state index in [1.165, 1.54) is 11.3 Å². The van der Waals surface area contributed by atoms with E-state index in [1.807, 2.05) is 13.8 Å². The minimum absolute atomic E-state index is 0.0827. The van der Waals surface area contributed by atoms with Crippen LogP contribution in [0.25, 0.3) is 0 Å². The van der Waals surface area contributed by atoms with Crippen LogP contribution in [0.1, 0.15) is 37.4 Å². The number of rotatable bonds is 7. The Morgan fingerprint density at radius 3 is 2.58 bits per heavy atom. The second kappa shape index (κ2) is 6.65. The molecule has 0 aliphatic carbocycles. The van der Waals surface area contributed by atoms with Crippen molar-refractivity contribution in [2.24, 2.45) is 5.41 Å². The monoisotopic (exact) mass is 285 g/mol. The summed E-state index contributed by atoms with van der Waals surface area (Å²) in [5.41, 5.74) is -0.892. The third-order valence-electron chi connectivity index (χ3n) is 2.90. The van der Waals surface area contributed by atoms with Gasteiger partial charge in [0.05, 0.1) is 17.3 Å². The van der Waals surface area contributed by atoms with Crippen LogP contribution in [-0.4, -0.2) is 28.6 Å². The number of hydrogen-bond acceptors (Lipinski definition) is 5. The Labute approximate surface area is 116 Å². The van der Waals surface area contributed by atoms with Gasteiger partial charge in [0.15, 0.2) is 5.41 Å². The fourth-order valence-electron chi connectivity index (χ4n) is 2.03. The number of carbonyl (C=O) groups excluding carboxylic acids is 1. The van der Waals surface area contributed by atoms with Crippen LogP contribution in [0.4, 0.5) is 0 Å². The summed E-state index contributed by atoms with van der Waals surface area (Å²) in [6.45, 7) is 5.54. The molecule has 0 saturated heterocycles. The average Bonchev–Trinajstić information content (AvgIpc) is 2.74. The first-order valence-electron chi connectivity index (χ1n) is 6.28. The fraction of sp³-hybridized carbons (Fsp3) is 0.615. The van der Waals surface area contributed by atoms with Crippen molar-refractivity contribution in [3.63, 3.8) is 0 Å². The van der Waals surface area contributed by atoms with Crippen molar-refractivity contribution in [1.29, 1.82) is 0 Å². The van der Waals surface area contributed by atoms with E-state index < -0.39 is 17.4 Å². The van der Waals surface area contributed by atoms with E-state index in [-0.39, 0.29) is 19.4 Å². The van der Waals surface area contributed by atoms with E-state index in [9.17, 15) is 14.7 Å². The van der Waals surface area contributed by atoms with Gasteiger partial charge < -0.3 is 9.84 Å². The summed E-state index contributed by atoms with van der Waals surface area (Å²) in [5, 5.41) is 12.1. The second-order valence-corrected chi connectivity index (χ2v) is 5.45. The molecule has 19 heavy (non-hydrogen) atoms. The molecule has 1 aromatic heterocycles. The highest BCUT2D eigenvalue weighted by Crippen LogP contribution is 2.31. The highest BCUT2D eigenvalue weighted by Gasteiger charge is 2.47. The summed E-state index contributed by atoms with van der Waals surface area (Å²) in [7, 11) is 0. The number of carbonyl (C=O) groups is 2.